The molecular formula is C17H25NO3. The van der Waals surface area contributed by atoms with Gasteiger partial charge < -0.3 is 14.4 Å². The van der Waals surface area contributed by atoms with Crippen molar-refractivity contribution in [3.05, 3.63) is 24.8 Å². The van der Waals surface area contributed by atoms with Gasteiger partial charge in [0.15, 0.2) is 0 Å². The van der Waals surface area contributed by atoms with Crippen LogP contribution in [0.2, 0.25) is 0 Å². The largest absolute Gasteiger partial charge is 0.374 e. The summed E-state index contributed by atoms with van der Waals surface area (Å²) in [6, 6.07) is 0.176. The van der Waals surface area contributed by atoms with Crippen LogP contribution in [0.5, 0.6) is 0 Å². The van der Waals surface area contributed by atoms with Gasteiger partial charge in [-0.3, -0.25) is 4.79 Å². The molecule has 1 amide bonds. The Morgan fingerprint density at radius 3 is 3.10 bits per heavy atom. The number of hydrogen-bond acceptors (Lipinski definition) is 3. The van der Waals surface area contributed by atoms with Crippen molar-refractivity contribution in [1.82, 2.24) is 4.90 Å². The van der Waals surface area contributed by atoms with E-state index in [1.165, 1.54) is 0 Å². The van der Waals surface area contributed by atoms with Gasteiger partial charge in [0.05, 0.1) is 25.4 Å². The number of ether oxygens (including phenoxy) is 2. The van der Waals surface area contributed by atoms with Gasteiger partial charge in [0, 0.05) is 13.0 Å². The van der Waals surface area contributed by atoms with Crippen LogP contribution in [-0.4, -0.2) is 48.8 Å². The van der Waals surface area contributed by atoms with Gasteiger partial charge in [0.25, 0.3) is 0 Å². The summed E-state index contributed by atoms with van der Waals surface area (Å²) >= 11 is 0. The summed E-state index contributed by atoms with van der Waals surface area (Å²) in [6.07, 6.45) is 11.1. The van der Waals surface area contributed by atoms with Crippen molar-refractivity contribution in [2.75, 3.05) is 19.8 Å². The highest BCUT2D eigenvalue weighted by Crippen LogP contribution is 2.33. The minimum absolute atomic E-state index is 0.00794. The third kappa shape index (κ3) is 3.22. The molecule has 4 atom stereocenters. The maximum Gasteiger partial charge on any atom is 0.223 e. The van der Waals surface area contributed by atoms with E-state index < -0.39 is 0 Å². The first-order chi connectivity index (χ1) is 10.3. The molecule has 0 unspecified atom stereocenters. The molecule has 0 aromatic heterocycles. The van der Waals surface area contributed by atoms with E-state index >= 15 is 0 Å². The Morgan fingerprint density at radius 1 is 1.43 bits per heavy atom. The van der Waals surface area contributed by atoms with Crippen molar-refractivity contribution in [2.24, 2.45) is 5.92 Å². The predicted molar refractivity (Wildman–Crippen MR) is 80.9 cm³/mol. The van der Waals surface area contributed by atoms with Gasteiger partial charge in [-0.15, -0.1) is 6.58 Å². The lowest BCUT2D eigenvalue weighted by molar-refractivity contribution is -0.136. The van der Waals surface area contributed by atoms with E-state index in [-0.39, 0.29) is 24.2 Å². The lowest BCUT2D eigenvalue weighted by Gasteiger charge is -2.31. The molecule has 0 N–H and O–H groups in total. The number of rotatable bonds is 5. The van der Waals surface area contributed by atoms with E-state index in [2.05, 4.69) is 18.7 Å². The van der Waals surface area contributed by atoms with Crippen LogP contribution in [0.4, 0.5) is 0 Å². The SMILES string of the molecule is C=CCO[C@@H]1[C@H]2CC[C@H]1OCCN2C(=O)C[C@@H]1C=CCC1. The fourth-order valence-electron chi connectivity index (χ4n) is 3.81. The molecule has 3 aliphatic rings. The summed E-state index contributed by atoms with van der Waals surface area (Å²) in [4.78, 5) is 14.7. The van der Waals surface area contributed by atoms with Gasteiger partial charge in [-0.25, -0.2) is 0 Å². The van der Waals surface area contributed by atoms with Crippen LogP contribution in [0.25, 0.3) is 0 Å². The number of hydrogen-bond donors (Lipinski definition) is 0. The van der Waals surface area contributed by atoms with Gasteiger partial charge in [-0.1, -0.05) is 18.2 Å². The average molecular weight is 291 g/mol. The number of carbonyl (C=O) groups is 1. The predicted octanol–water partition coefficient (Wildman–Crippen LogP) is 2.30. The molecule has 3 rings (SSSR count). The van der Waals surface area contributed by atoms with Crippen molar-refractivity contribution in [2.45, 2.75) is 50.4 Å². The van der Waals surface area contributed by atoms with Crippen LogP contribution < -0.4 is 0 Å². The van der Waals surface area contributed by atoms with E-state index in [4.69, 9.17) is 9.47 Å². The summed E-state index contributed by atoms with van der Waals surface area (Å²) < 4.78 is 11.8. The molecule has 0 radical (unpaired) electrons. The molecule has 2 bridgehead atoms. The highest BCUT2D eigenvalue weighted by molar-refractivity contribution is 5.77. The van der Waals surface area contributed by atoms with Gasteiger partial charge in [0.1, 0.15) is 6.10 Å². The lowest BCUT2D eigenvalue weighted by atomic mass is 10.0. The zero-order chi connectivity index (χ0) is 14.7. The van der Waals surface area contributed by atoms with E-state index in [9.17, 15) is 4.79 Å². The van der Waals surface area contributed by atoms with Crippen LogP contribution in [0.1, 0.15) is 32.1 Å². The molecule has 1 heterocycles. The third-order valence-electron chi connectivity index (χ3n) is 4.83. The van der Waals surface area contributed by atoms with Crippen molar-refractivity contribution in [1.29, 1.82) is 0 Å². The van der Waals surface area contributed by atoms with Crippen molar-refractivity contribution >= 4 is 5.91 Å². The minimum Gasteiger partial charge on any atom is -0.374 e. The molecule has 1 saturated carbocycles. The summed E-state index contributed by atoms with van der Waals surface area (Å²) in [7, 11) is 0. The summed E-state index contributed by atoms with van der Waals surface area (Å²) in [5, 5.41) is 0. The Kier molecular flexibility index (Phi) is 4.76. The quantitative estimate of drug-likeness (QED) is 0.730. The van der Waals surface area contributed by atoms with E-state index in [0.29, 0.717) is 32.1 Å². The van der Waals surface area contributed by atoms with Gasteiger partial charge >= 0.3 is 0 Å². The number of nitrogens with zero attached hydrogens (tertiary/aromatic N) is 1. The van der Waals surface area contributed by atoms with Crippen LogP contribution in [0, 0.1) is 5.92 Å². The van der Waals surface area contributed by atoms with Crippen LogP contribution in [-0.2, 0) is 14.3 Å². The molecule has 4 heteroatoms. The fourth-order valence-corrected chi connectivity index (χ4v) is 3.81. The Bertz CT molecular complexity index is 420. The maximum atomic E-state index is 12.7. The Morgan fingerprint density at radius 2 is 2.33 bits per heavy atom. The molecule has 1 saturated heterocycles. The lowest BCUT2D eigenvalue weighted by Crippen LogP contribution is -2.46. The summed E-state index contributed by atoms with van der Waals surface area (Å²) in [6.45, 7) is 5.56. The Labute approximate surface area is 126 Å². The van der Waals surface area contributed by atoms with Crippen LogP contribution >= 0.6 is 0 Å². The maximum absolute atomic E-state index is 12.7. The number of amides is 1. The number of allylic oxidation sites excluding steroid dienone is 2. The van der Waals surface area contributed by atoms with E-state index in [1.54, 1.807) is 6.08 Å². The van der Waals surface area contributed by atoms with Crippen molar-refractivity contribution in [3.8, 4) is 0 Å². The van der Waals surface area contributed by atoms with Gasteiger partial charge in [0.2, 0.25) is 5.91 Å². The van der Waals surface area contributed by atoms with Crippen molar-refractivity contribution in [3.63, 3.8) is 0 Å². The molecule has 2 aliphatic carbocycles. The van der Waals surface area contributed by atoms with Crippen LogP contribution in [0.3, 0.4) is 0 Å². The van der Waals surface area contributed by atoms with E-state index in [0.717, 1.165) is 25.7 Å². The first-order valence-corrected chi connectivity index (χ1v) is 8.10. The Hall–Kier alpha value is -1.13. The zero-order valence-electron chi connectivity index (χ0n) is 12.6. The van der Waals surface area contributed by atoms with Crippen LogP contribution in [0.15, 0.2) is 24.8 Å². The first kappa shape index (κ1) is 14.8. The molecule has 2 fully saturated rings. The number of carbonyl (C=O) groups excluding carboxylic acids is 1. The van der Waals surface area contributed by atoms with Gasteiger partial charge in [-0.05, 0) is 31.6 Å². The Balaban J connectivity index is 1.66. The molecule has 0 spiro atoms. The topological polar surface area (TPSA) is 38.8 Å². The van der Waals surface area contributed by atoms with E-state index in [1.807, 2.05) is 4.90 Å². The fraction of sp³-hybridized carbons (Fsp3) is 0.706. The minimum atomic E-state index is 0.00794. The van der Waals surface area contributed by atoms with Gasteiger partial charge in [-0.2, -0.15) is 0 Å². The average Bonchev–Trinajstić information content (AvgIpc) is 3.04. The molecule has 21 heavy (non-hydrogen) atoms. The third-order valence-corrected chi connectivity index (χ3v) is 4.83. The molecule has 116 valence electrons. The van der Waals surface area contributed by atoms with Crippen molar-refractivity contribution < 1.29 is 14.3 Å². The molecular weight excluding hydrogens is 266 g/mol. The summed E-state index contributed by atoms with van der Waals surface area (Å²) in [5.41, 5.74) is 0. The smallest absolute Gasteiger partial charge is 0.223 e. The standard InChI is InChI=1S/C17H25NO3/c1-2-10-21-17-14-7-8-15(17)20-11-9-18(14)16(19)12-13-5-3-4-6-13/h2-3,5,13-15,17H,1,4,6-12H2/t13-,14-,15-,17-/m1/s1. The first-order valence-electron chi connectivity index (χ1n) is 8.10. The second-order valence-corrected chi connectivity index (χ2v) is 6.20. The second-order valence-electron chi connectivity index (χ2n) is 6.20. The molecule has 4 nitrogen and oxygen atoms in total. The summed E-state index contributed by atoms with van der Waals surface area (Å²) in [5.74, 6) is 0.682. The monoisotopic (exact) mass is 291 g/mol. The number of fused-ring (bicyclic) bond motifs is 2. The zero-order valence-corrected chi connectivity index (χ0v) is 12.6. The molecule has 1 aliphatic heterocycles. The second kappa shape index (κ2) is 6.75. The highest BCUT2D eigenvalue weighted by Gasteiger charge is 2.44. The molecule has 0 aromatic rings. The molecule has 0 aromatic carbocycles. The highest BCUT2D eigenvalue weighted by atomic mass is 16.5. The normalized spacial score (nSPS) is 35.0.